The van der Waals surface area contributed by atoms with Gasteiger partial charge in [-0.15, -0.1) is 0 Å². The standard InChI is InChI=1S/C6H9N3O2/c7-3-4-1-2-5(11-4)6(10)9-8/h1-2H,3,7-8H2,(H,9,10). The minimum absolute atomic E-state index is 0.174. The third kappa shape index (κ3) is 1.57. The number of hydrogen-bond acceptors (Lipinski definition) is 4. The number of carbonyl (C=O) groups is 1. The molecule has 11 heavy (non-hydrogen) atoms. The normalized spacial score (nSPS) is 9.64. The molecule has 0 aliphatic rings. The maximum atomic E-state index is 10.8. The number of furan rings is 1. The highest BCUT2D eigenvalue weighted by atomic mass is 16.4. The molecule has 5 nitrogen and oxygen atoms in total. The van der Waals surface area contributed by atoms with Crippen molar-refractivity contribution in [3.63, 3.8) is 0 Å². The molecular formula is C6H9N3O2. The van der Waals surface area contributed by atoms with E-state index in [1.807, 2.05) is 5.43 Å². The van der Waals surface area contributed by atoms with Crippen molar-refractivity contribution in [3.05, 3.63) is 23.7 Å². The van der Waals surface area contributed by atoms with Gasteiger partial charge < -0.3 is 10.2 Å². The number of carbonyl (C=O) groups excluding carboxylic acids is 1. The molecule has 0 bridgehead atoms. The number of amides is 1. The Morgan fingerprint density at radius 2 is 2.36 bits per heavy atom. The summed E-state index contributed by atoms with van der Waals surface area (Å²) in [6.45, 7) is 0.276. The number of nitrogen functional groups attached to an aromatic ring is 1. The van der Waals surface area contributed by atoms with Gasteiger partial charge in [-0.3, -0.25) is 10.2 Å². The number of nitrogens with one attached hydrogen (secondary N) is 1. The van der Waals surface area contributed by atoms with Crippen molar-refractivity contribution in [2.75, 3.05) is 0 Å². The molecule has 0 saturated carbocycles. The number of hydrogen-bond donors (Lipinski definition) is 3. The second-order valence-corrected chi connectivity index (χ2v) is 1.94. The van der Waals surface area contributed by atoms with Gasteiger partial charge in [0.1, 0.15) is 5.76 Å². The van der Waals surface area contributed by atoms with Crippen LogP contribution in [0, 0.1) is 0 Å². The van der Waals surface area contributed by atoms with Crippen LogP contribution in [0.5, 0.6) is 0 Å². The summed E-state index contributed by atoms with van der Waals surface area (Å²) in [5.41, 5.74) is 7.19. The Balaban J connectivity index is 2.80. The molecule has 1 aromatic heterocycles. The van der Waals surface area contributed by atoms with Crippen LogP contribution in [0.25, 0.3) is 0 Å². The highest BCUT2D eigenvalue weighted by Crippen LogP contribution is 2.05. The van der Waals surface area contributed by atoms with Crippen molar-refractivity contribution in [2.24, 2.45) is 11.6 Å². The Hall–Kier alpha value is -1.33. The van der Waals surface area contributed by atoms with Crippen LogP contribution in [0.15, 0.2) is 16.5 Å². The Morgan fingerprint density at radius 3 is 2.82 bits per heavy atom. The third-order valence-electron chi connectivity index (χ3n) is 1.22. The Labute approximate surface area is 63.3 Å². The molecule has 0 spiro atoms. The maximum Gasteiger partial charge on any atom is 0.300 e. The first-order chi connectivity index (χ1) is 5.27. The summed E-state index contributed by atoms with van der Waals surface area (Å²) in [5.74, 6) is 5.14. The molecule has 1 aromatic rings. The Morgan fingerprint density at radius 1 is 1.64 bits per heavy atom. The highest BCUT2D eigenvalue weighted by molar-refractivity contribution is 5.90. The molecule has 5 heteroatoms. The van der Waals surface area contributed by atoms with Gasteiger partial charge in [0.25, 0.3) is 0 Å². The molecule has 0 radical (unpaired) electrons. The molecule has 0 fully saturated rings. The molecule has 60 valence electrons. The molecule has 1 amide bonds. The fourth-order valence-electron chi connectivity index (χ4n) is 0.681. The number of rotatable bonds is 2. The van der Waals surface area contributed by atoms with Gasteiger partial charge >= 0.3 is 5.91 Å². The van der Waals surface area contributed by atoms with Gasteiger partial charge in [0.05, 0.1) is 6.54 Å². The van der Waals surface area contributed by atoms with E-state index in [4.69, 9.17) is 16.0 Å². The van der Waals surface area contributed by atoms with Gasteiger partial charge in [-0.05, 0) is 12.1 Å². The Kier molecular flexibility index (Phi) is 2.25. The number of hydrazine groups is 1. The zero-order valence-corrected chi connectivity index (χ0v) is 5.83. The molecule has 0 saturated heterocycles. The van der Waals surface area contributed by atoms with Gasteiger partial charge in [-0.1, -0.05) is 0 Å². The van der Waals surface area contributed by atoms with E-state index in [0.29, 0.717) is 5.76 Å². The summed E-state index contributed by atoms with van der Waals surface area (Å²) in [7, 11) is 0. The summed E-state index contributed by atoms with van der Waals surface area (Å²) in [6, 6.07) is 3.15. The average molecular weight is 155 g/mol. The topological polar surface area (TPSA) is 94.3 Å². The summed E-state index contributed by atoms with van der Waals surface area (Å²) in [6.07, 6.45) is 0. The summed E-state index contributed by atoms with van der Waals surface area (Å²) >= 11 is 0. The van der Waals surface area contributed by atoms with Crippen LogP contribution in [0.2, 0.25) is 0 Å². The first-order valence-corrected chi connectivity index (χ1v) is 3.07. The van der Waals surface area contributed by atoms with Gasteiger partial charge in [-0.25, -0.2) is 5.84 Å². The SMILES string of the molecule is NCc1ccc(C(=O)NN)o1. The zero-order chi connectivity index (χ0) is 8.27. The molecule has 0 aromatic carbocycles. The van der Waals surface area contributed by atoms with Crippen LogP contribution in [-0.4, -0.2) is 5.91 Å². The predicted molar refractivity (Wildman–Crippen MR) is 38.3 cm³/mol. The largest absolute Gasteiger partial charge is 0.455 e. The summed E-state index contributed by atoms with van der Waals surface area (Å²) in [4.78, 5) is 10.8. The lowest BCUT2D eigenvalue weighted by Gasteiger charge is -1.92. The van der Waals surface area contributed by atoms with Crippen molar-refractivity contribution in [2.45, 2.75) is 6.54 Å². The lowest BCUT2D eigenvalue weighted by molar-refractivity contribution is 0.0924. The second-order valence-electron chi connectivity index (χ2n) is 1.94. The van der Waals surface area contributed by atoms with Crippen LogP contribution in [-0.2, 0) is 6.54 Å². The van der Waals surface area contributed by atoms with Crippen molar-refractivity contribution in [3.8, 4) is 0 Å². The fourth-order valence-corrected chi connectivity index (χ4v) is 0.681. The molecule has 1 rings (SSSR count). The molecule has 5 N–H and O–H groups in total. The summed E-state index contributed by atoms with van der Waals surface area (Å²) < 4.78 is 4.97. The molecular weight excluding hydrogens is 146 g/mol. The van der Waals surface area contributed by atoms with E-state index < -0.39 is 5.91 Å². The van der Waals surface area contributed by atoms with Crippen LogP contribution < -0.4 is 17.0 Å². The van der Waals surface area contributed by atoms with E-state index in [-0.39, 0.29) is 12.3 Å². The van der Waals surface area contributed by atoms with Crippen LogP contribution in [0.3, 0.4) is 0 Å². The van der Waals surface area contributed by atoms with Crippen LogP contribution in [0.4, 0.5) is 0 Å². The summed E-state index contributed by atoms with van der Waals surface area (Å²) in [5, 5.41) is 0. The smallest absolute Gasteiger partial charge is 0.300 e. The van der Waals surface area contributed by atoms with E-state index in [1.54, 1.807) is 6.07 Å². The van der Waals surface area contributed by atoms with E-state index >= 15 is 0 Å². The molecule has 0 atom stereocenters. The lowest BCUT2D eigenvalue weighted by atomic mass is 10.4. The minimum atomic E-state index is -0.454. The molecule has 0 unspecified atom stereocenters. The van der Waals surface area contributed by atoms with E-state index in [0.717, 1.165) is 0 Å². The molecule has 0 aliphatic carbocycles. The first-order valence-electron chi connectivity index (χ1n) is 3.07. The highest BCUT2D eigenvalue weighted by Gasteiger charge is 2.07. The van der Waals surface area contributed by atoms with Crippen LogP contribution in [0.1, 0.15) is 16.3 Å². The van der Waals surface area contributed by atoms with Gasteiger partial charge in [0.2, 0.25) is 0 Å². The first kappa shape index (κ1) is 7.77. The van der Waals surface area contributed by atoms with Crippen molar-refractivity contribution < 1.29 is 9.21 Å². The van der Waals surface area contributed by atoms with Gasteiger partial charge in [0.15, 0.2) is 5.76 Å². The zero-order valence-electron chi connectivity index (χ0n) is 5.83. The van der Waals surface area contributed by atoms with E-state index in [2.05, 4.69) is 0 Å². The van der Waals surface area contributed by atoms with Crippen LogP contribution >= 0.6 is 0 Å². The molecule has 0 aliphatic heterocycles. The quantitative estimate of drug-likeness (QED) is 0.300. The van der Waals surface area contributed by atoms with E-state index in [9.17, 15) is 4.79 Å². The second kappa shape index (κ2) is 3.18. The van der Waals surface area contributed by atoms with E-state index in [1.165, 1.54) is 6.07 Å². The van der Waals surface area contributed by atoms with Gasteiger partial charge in [0, 0.05) is 0 Å². The van der Waals surface area contributed by atoms with Gasteiger partial charge in [-0.2, -0.15) is 0 Å². The lowest BCUT2D eigenvalue weighted by Crippen LogP contribution is -2.29. The predicted octanol–water partition coefficient (Wildman–Crippen LogP) is -0.658. The monoisotopic (exact) mass is 155 g/mol. The maximum absolute atomic E-state index is 10.8. The average Bonchev–Trinajstić information content (AvgIpc) is 2.50. The van der Waals surface area contributed by atoms with Crippen molar-refractivity contribution in [1.82, 2.24) is 5.43 Å². The molecule has 1 heterocycles. The minimum Gasteiger partial charge on any atom is -0.455 e. The fraction of sp³-hybridized carbons (Fsp3) is 0.167. The van der Waals surface area contributed by atoms with Crippen molar-refractivity contribution >= 4 is 5.91 Å². The van der Waals surface area contributed by atoms with Crippen molar-refractivity contribution in [1.29, 1.82) is 0 Å². The Bertz CT molecular complexity index is 256. The third-order valence-corrected chi connectivity index (χ3v) is 1.22. The number of nitrogens with two attached hydrogens (primary N) is 2.